The molecule has 2 nitrogen and oxygen atoms in total. The van der Waals surface area contributed by atoms with Crippen molar-refractivity contribution in [2.75, 3.05) is 19.3 Å². The van der Waals surface area contributed by atoms with Gasteiger partial charge in [0, 0.05) is 6.54 Å². The Morgan fingerprint density at radius 3 is 2.42 bits per heavy atom. The van der Waals surface area contributed by atoms with Crippen LogP contribution in [0.4, 0.5) is 0 Å². The smallest absolute Gasteiger partial charge is 0.118 e. The lowest BCUT2D eigenvalue weighted by molar-refractivity contribution is 0.162. The maximum absolute atomic E-state index is 5.67. The zero-order valence-electron chi connectivity index (χ0n) is 12.3. The molecule has 1 fully saturated rings. The van der Waals surface area contributed by atoms with E-state index >= 15 is 0 Å². The molecule has 0 saturated heterocycles. The van der Waals surface area contributed by atoms with Crippen molar-refractivity contribution in [1.29, 1.82) is 0 Å². The third-order valence-corrected chi connectivity index (χ3v) is 5.00. The second kappa shape index (κ2) is 6.85. The van der Waals surface area contributed by atoms with Gasteiger partial charge in [0.25, 0.3) is 0 Å². The Balaban J connectivity index is 1.93. The Hall–Kier alpha value is -0.410. The van der Waals surface area contributed by atoms with Crippen LogP contribution in [0.1, 0.15) is 50.0 Å². The van der Waals surface area contributed by atoms with Crippen LogP contribution in [0.2, 0.25) is 0 Å². The molecule has 1 aromatic rings. The molecular weight excluding hydrogens is 254 g/mol. The number of aryl methyl sites for hydroxylation is 1. The van der Waals surface area contributed by atoms with E-state index < -0.39 is 0 Å². The molecule has 3 heteroatoms. The summed E-state index contributed by atoms with van der Waals surface area (Å²) in [6.07, 6.45) is 8.20. The predicted molar refractivity (Wildman–Crippen MR) is 83.8 cm³/mol. The number of nitrogens with zero attached hydrogens (tertiary/aromatic N) is 1. The maximum Gasteiger partial charge on any atom is 0.118 e. The summed E-state index contributed by atoms with van der Waals surface area (Å²) in [4.78, 5) is 2.40. The fourth-order valence-electron chi connectivity index (χ4n) is 3.31. The first-order valence-electron chi connectivity index (χ1n) is 7.48. The molecule has 2 rings (SSSR count). The molecule has 0 unspecified atom stereocenters. The fraction of sp³-hybridized carbons (Fsp3) is 0.750. The topological polar surface area (TPSA) is 16.4 Å². The van der Waals surface area contributed by atoms with Crippen molar-refractivity contribution in [3.8, 4) is 0 Å². The first-order chi connectivity index (χ1) is 9.13. The summed E-state index contributed by atoms with van der Waals surface area (Å²) in [7, 11) is 2.20. The van der Waals surface area contributed by atoms with Gasteiger partial charge in [-0.25, -0.2) is 0 Å². The fourth-order valence-corrected chi connectivity index (χ4v) is 3.73. The van der Waals surface area contributed by atoms with E-state index in [1.807, 2.05) is 13.0 Å². The first-order valence-corrected chi connectivity index (χ1v) is 8.12. The Kier molecular flexibility index (Phi) is 5.40. The average molecular weight is 281 g/mol. The summed E-state index contributed by atoms with van der Waals surface area (Å²) < 4.78 is 5.67. The number of rotatable bonds is 5. The van der Waals surface area contributed by atoms with Crippen molar-refractivity contribution in [2.45, 2.75) is 52.0 Å². The minimum atomic E-state index is 0.413. The number of thiol groups is 1. The van der Waals surface area contributed by atoms with Gasteiger partial charge in [-0.2, -0.15) is 12.6 Å². The third-order valence-electron chi connectivity index (χ3n) is 4.33. The molecule has 0 bridgehead atoms. The van der Waals surface area contributed by atoms with Gasteiger partial charge < -0.3 is 4.42 Å². The van der Waals surface area contributed by atoms with E-state index in [4.69, 9.17) is 4.42 Å². The van der Waals surface area contributed by atoms with E-state index in [1.165, 1.54) is 38.5 Å². The van der Waals surface area contributed by atoms with E-state index in [9.17, 15) is 0 Å². The highest BCUT2D eigenvalue weighted by Gasteiger charge is 2.30. The van der Waals surface area contributed by atoms with Crippen LogP contribution in [-0.4, -0.2) is 24.2 Å². The molecule has 0 atom stereocenters. The van der Waals surface area contributed by atoms with Crippen LogP contribution in [0, 0.1) is 12.3 Å². The van der Waals surface area contributed by atoms with Crippen molar-refractivity contribution in [2.24, 2.45) is 5.41 Å². The van der Waals surface area contributed by atoms with Crippen molar-refractivity contribution >= 4 is 12.6 Å². The van der Waals surface area contributed by atoms with Crippen molar-refractivity contribution in [3.05, 3.63) is 23.7 Å². The largest absolute Gasteiger partial charge is 0.465 e. The number of hydrogen-bond acceptors (Lipinski definition) is 3. The molecular formula is C16H27NOS. The molecule has 0 amide bonds. The lowest BCUT2D eigenvalue weighted by atomic mass is 9.82. The van der Waals surface area contributed by atoms with E-state index in [0.717, 1.165) is 30.4 Å². The second-order valence-electron chi connectivity index (χ2n) is 6.26. The zero-order valence-corrected chi connectivity index (χ0v) is 13.2. The van der Waals surface area contributed by atoms with Gasteiger partial charge >= 0.3 is 0 Å². The number of furan rings is 1. The zero-order chi connectivity index (χ0) is 13.7. The standard InChI is InChI=1S/C16H27NOS/c1-14-7-8-15(18-14)11-17(2)12-16(13-19)9-5-3-4-6-10-16/h7-8,19H,3-6,9-13H2,1-2H3. The average Bonchev–Trinajstić information content (AvgIpc) is 2.65. The highest BCUT2D eigenvalue weighted by Crippen LogP contribution is 2.36. The normalized spacial score (nSPS) is 19.6. The van der Waals surface area contributed by atoms with Crippen LogP contribution in [0.15, 0.2) is 16.5 Å². The monoisotopic (exact) mass is 281 g/mol. The summed E-state index contributed by atoms with van der Waals surface area (Å²) in [5.74, 6) is 3.08. The van der Waals surface area contributed by atoms with Crippen LogP contribution in [0.3, 0.4) is 0 Å². The molecule has 1 aliphatic rings. The molecule has 108 valence electrons. The predicted octanol–water partition coefficient (Wildman–Crippen LogP) is 4.29. The lowest BCUT2D eigenvalue weighted by Gasteiger charge is -2.35. The van der Waals surface area contributed by atoms with Crippen LogP contribution in [0.5, 0.6) is 0 Å². The summed E-state index contributed by atoms with van der Waals surface area (Å²) in [6, 6.07) is 4.13. The van der Waals surface area contributed by atoms with Crippen LogP contribution < -0.4 is 0 Å². The van der Waals surface area contributed by atoms with E-state index in [0.29, 0.717) is 5.41 Å². The van der Waals surface area contributed by atoms with Gasteiger partial charge in [-0.1, -0.05) is 25.7 Å². The van der Waals surface area contributed by atoms with Crippen LogP contribution in [0.25, 0.3) is 0 Å². The molecule has 0 aliphatic heterocycles. The first kappa shape index (κ1) is 15.0. The molecule has 1 saturated carbocycles. The van der Waals surface area contributed by atoms with Crippen molar-refractivity contribution in [3.63, 3.8) is 0 Å². The highest BCUT2D eigenvalue weighted by atomic mass is 32.1. The van der Waals surface area contributed by atoms with Crippen molar-refractivity contribution < 1.29 is 4.42 Å². The minimum Gasteiger partial charge on any atom is -0.465 e. The van der Waals surface area contributed by atoms with Gasteiger partial charge in [-0.15, -0.1) is 0 Å². The van der Waals surface area contributed by atoms with Gasteiger partial charge in [0.05, 0.1) is 6.54 Å². The molecule has 1 aromatic heterocycles. The third kappa shape index (κ3) is 4.28. The van der Waals surface area contributed by atoms with Crippen molar-refractivity contribution in [1.82, 2.24) is 4.90 Å². The molecule has 0 aromatic carbocycles. The summed E-state index contributed by atoms with van der Waals surface area (Å²) in [6.45, 7) is 4.05. The van der Waals surface area contributed by atoms with Gasteiger partial charge in [-0.3, -0.25) is 4.90 Å². The van der Waals surface area contributed by atoms with Gasteiger partial charge in [0.15, 0.2) is 0 Å². The van der Waals surface area contributed by atoms with E-state index in [-0.39, 0.29) is 0 Å². The maximum atomic E-state index is 5.67. The van der Waals surface area contributed by atoms with E-state index in [2.05, 4.69) is 30.6 Å². The van der Waals surface area contributed by atoms with Crippen LogP contribution in [-0.2, 0) is 6.54 Å². The second-order valence-corrected chi connectivity index (χ2v) is 6.57. The summed E-state index contributed by atoms with van der Waals surface area (Å²) >= 11 is 4.65. The Morgan fingerprint density at radius 1 is 1.21 bits per heavy atom. The SMILES string of the molecule is Cc1ccc(CN(C)CC2(CS)CCCCCC2)o1. The quantitative estimate of drug-likeness (QED) is 0.640. The summed E-state index contributed by atoms with van der Waals surface area (Å²) in [5.41, 5.74) is 0.413. The Labute approximate surface area is 123 Å². The Bertz CT molecular complexity index is 380. The van der Waals surface area contributed by atoms with Crippen LogP contribution >= 0.6 is 12.6 Å². The minimum absolute atomic E-state index is 0.413. The van der Waals surface area contributed by atoms with Gasteiger partial charge in [0.1, 0.15) is 11.5 Å². The molecule has 19 heavy (non-hydrogen) atoms. The number of hydrogen-bond donors (Lipinski definition) is 1. The highest BCUT2D eigenvalue weighted by molar-refractivity contribution is 7.80. The van der Waals surface area contributed by atoms with Gasteiger partial charge in [-0.05, 0) is 50.1 Å². The lowest BCUT2D eigenvalue weighted by Crippen LogP contribution is -2.36. The Morgan fingerprint density at radius 2 is 1.89 bits per heavy atom. The van der Waals surface area contributed by atoms with E-state index in [1.54, 1.807) is 0 Å². The van der Waals surface area contributed by atoms with Gasteiger partial charge in [0.2, 0.25) is 0 Å². The molecule has 1 aliphatic carbocycles. The summed E-state index contributed by atoms with van der Waals surface area (Å²) in [5, 5.41) is 0. The molecule has 0 radical (unpaired) electrons. The molecule has 0 spiro atoms. The molecule has 1 heterocycles. The molecule has 0 N–H and O–H groups in total.